The molecule has 0 fully saturated rings. The summed E-state index contributed by atoms with van der Waals surface area (Å²) in [6, 6.07) is 18.1. The van der Waals surface area contributed by atoms with Crippen molar-refractivity contribution >= 4 is 29.2 Å². The standard InChI is InChI=1S/C19H17N3OS2/c23-19(10-11-24-13-16-4-2-1-3-5-16)20-12-15-6-8-17(9-7-15)18-14-25-22-21-18/h1-11,14H,12-13H2,(H,20,23)/b11-10+. The minimum absolute atomic E-state index is 0.0895. The van der Waals surface area contributed by atoms with Gasteiger partial charge in [-0.3, -0.25) is 4.79 Å². The molecule has 3 rings (SSSR count). The molecule has 1 aromatic heterocycles. The van der Waals surface area contributed by atoms with Gasteiger partial charge in [-0.2, -0.15) is 0 Å². The van der Waals surface area contributed by atoms with E-state index in [0.29, 0.717) is 6.54 Å². The maximum Gasteiger partial charge on any atom is 0.244 e. The summed E-state index contributed by atoms with van der Waals surface area (Å²) in [5.41, 5.74) is 4.19. The first kappa shape index (κ1) is 17.4. The second kappa shape index (κ2) is 9.15. The van der Waals surface area contributed by atoms with Crippen molar-refractivity contribution in [1.82, 2.24) is 14.9 Å². The molecule has 6 heteroatoms. The van der Waals surface area contributed by atoms with E-state index in [1.165, 1.54) is 17.1 Å². The van der Waals surface area contributed by atoms with Gasteiger partial charge in [-0.15, -0.1) is 16.9 Å². The Kier molecular flexibility index (Phi) is 6.36. The average molecular weight is 367 g/mol. The van der Waals surface area contributed by atoms with Crippen LogP contribution >= 0.6 is 23.3 Å². The van der Waals surface area contributed by atoms with E-state index >= 15 is 0 Å². The number of hydrogen-bond donors (Lipinski definition) is 1. The van der Waals surface area contributed by atoms with E-state index in [0.717, 1.165) is 22.6 Å². The Hall–Kier alpha value is -2.44. The van der Waals surface area contributed by atoms with Crippen LogP contribution in [0.5, 0.6) is 0 Å². The second-order valence-corrected chi connectivity index (χ2v) is 6.81. The number of benzene rings is 2. The molecule has 4 nitrogen and oxygen atoms in total. The summed E-state index contributed by atoms with van der Waals surface area (Å²) in [4.78, 5) is 11.9. The van der Waals surface area contributed by atoms with Crippen LogP contribution in [0.15, 0.2) is 71.5 Å². The summed E-state index contributed by atoms with van der Waals surface area (Å²) < 4.78 is 3.86. The van der Waals surface area contributed by atoms with E-state index < -0.39 is 0 Å². The molecule has 0 saturated carbocycles. The second-order valence-electron chi connectivity index (χ2n) is 5.30. The monoisotopic (exact) mass is 367 g/mol. The number of rotatable bonds is 7. The van der Waals surface area contributed by atoms with Gasteiger partial charge in [0.25, 0.3) is 0 Å². The van der Waals surface area contributed by atoms with Crippen LogP contribution in [0, 0.1) is 0 Å². The first-order valence-electron chi connectivity index (χ1n) is 7.77. The van der Waals surface area contributed by atoms with Gasteiger partial charge in [0, 0.05) is 29.3 Å². The third-order valence-electron chi connectivity index (χ3n) is 3.48. The van der Waals surface area contributed by atoms with E-state index in [1.807, 2.05) is 53.3 Å². The van der Waals surface area contributed by atoms with Gasteiger partial charge >= 0.3 is 0 Å². The van der Waals surface area contributed by atoms with Gasteiger partial charge in [-0.25, -0.2) is 0 Å². The highest BCUT2D eigenvalue weighted by atomic mass is 32.2. The lowest BCUT2D eigenvalue weighted by Gasteiger charge is -2.03. The smallest absolute Gasteiger partial charge is 0.244 e. The number of thioether (sulfide) groups is 1. The van der Waals surface area contributed by atoms with E-state index in [4.69, 9.17) is 0 Å². The van der Waals surface area contributed by atoms with Crippen molar-refractivity contribution in [2.75, 3.05) is 0 Å². The van der Waals surface area contributed by atoms with Gasteiger partial charge in [-0.1, -0.05) is 59.1 Å². The molecule has 1 heterocycles. The molecule has 0 unspecified atom stereocenters. The molecule has 25 heavy (non-hydrogen) atoms. The van der Waals surface area contributed by atoms with Crippen molar-refractivity contribution in [3.8, 4) is 11.3 Å². The van der Waals surface area contributed by atoms with Gasteiger partial charge in [0.05, 0.1) is 0 Å². The fourth-order valence-corrected chi connectivity index (χ4v) is 3.33. The van der Waals surface area contributed by atoms with Crippen molar-refractivity contribution in [3.05, 3.63) is 82.6 Å². The minimum atomic E-state index is -0.0895. The van der Waals surface area contributed by atoms with Gasteiger partial charge in [0.15, 0.2) is 0 Å². The van der Waals surface area contributed by atoms with Crippen LogP contribution in [0.1, 0.15) is 11.1 Å². The number of nitrogens with one attached hydrogen (secondary N) is 1. The number of nitrogens with zero attached hydrogens (tertiary/aromatic N) is 2. The third kappa shape index (κ3) is 5.55. The Morgan fingerprint density at radius 1 is 1.08 bits per heavy atom. The summed E-state index contributed by atoms with van der Waals surface area (Å²) in [6.45, 7) is 0.502. The topological polar surface area (TPSA) is 54.9 Å². The SMILES string of the molecule is O=C(/C=C/SCc1ccccc1)NCc1ccc(-c2csnn2)cc1. The molecule has 0 spiro atoms. The Bertz CT molecular complexity index is 816. The Labute approximate surface area is 155 Å². The number of amides is 1. The van der Waals surface area contributed by atoms with Crippen LogP contribution in [-0.2, 0) is 17.1 Å². The van der Waals surface area contributed by atoms with Gasteiger partial charge < -0.3 is 5.32 Å². The van der Waals surface area contributed by atoms with Gasteiger partial charge in [0.1, 0.15) is 5.69 Å². The maximum absolute atomic E-state index is 11.9. The van der Waals surface area contributed by atoms with Gasteiger partial charge in [-0.05, 0) is 28.1 Å². The summed E-state index contributed by atoms with van der Waals surface area (Å²) >= 11 is 2.94. The lowest BCUT2D eigenvalue weighted by molar-refractivity contribution is -0.116. The van der Waals surface area contributed by atoms with Crippen molar-refractivity contribution in [2.45, 2.75) is 12.3 Å². The fraction of sp³-hybridized carbons (Fsp3) is 0.105. The molecular formula is C19H17N3OS2. The zero-order valence-corrected chi connectivity index (χ0v) is 15.1. The Balaban J connectivity index is 1.42. The highest BCUT2D eigenvalue weighted by Gasteiger charge is 2.02. The number of carbonyl (C=O) groups excluding carboxylic acids is 1. The Morgan fingerprint density at radius 2 is 1.88 bits per heavy atom. The number of carbonyl (C=O) groups is 1. The lowest BCUT2D eigenvalue weighted by Crippen LogP contribution is -2.20. The van der Waals surface area contributed by atoms with Crippen LogP contribution in [0.25, 0.3) is 11.3 Å². The van der Waals surface area contributed by atoms with E-state index in [-0.39, 0.29) is 5.91 Å². The molecule has 2 aromatic carbocycles. The highest BCUT2D eigenvalue weighted by Crippen LogP contribution is 2.18. The normalized spacial score (nSPS) is 10.9. The van der Waals surface area contributed by atoms with Crippen LogP contribution in [-0.4, -0.2) is 15.5 Å². The third-order valence-corrected chi connectivity index (χ3v) is 4.82. The lowest BCUT2D eigenvalue weighted by atomic mass is 10.1. The molecule has 0 aliphatic heterocycles. The van der Waals surface area contributed by atoms with E-state index in [1.54, 1.807) is 17.8 Å². The molecular weight excluding hydrogens is 350 g/mol. The molecule has 126 valence electrons. The summed E-state index contributed by atoms with van der Waals surface area (Å²) in [7, 11) is 0. The van der Waals surface area contributed by atoms with Crippen LogP contribution < -0.4 is 5.32 Å². The largest absolute Gasteiger partial charge is 0.348 e. The van der Waals surface area contributed by atoms with E-state index in [9.17, 15) is 4.79 Å². The molecule has 1 N–H and O–H groups in total. The summed E-state index contributed by atoms with van der Waals surface area (Å²) in [5, 5.41) is 10.7. The average Bonchev–Trinajstić information content (AvgIpc) is 3.20. The molecule has 3 aromatic rings. The quantitative estimate of drug-likeness (QED) is 0.634. The van der Waals surface area contributed by atoms with Crippen molar-refractivity contribution in [1.29, 1.82) is 0 Å². The van der Waals surface area contributed by atoms with Crippen molar-refractivity contribution in [2.24, 2.45) is 0 Å². The predicted molar refractivity (Wildman–Crippen MR) is 104 cm³/mol. The Morgan fingerprint density at radius 3 is 2.60 bits per heavy atom. The van der Waals surface area contributed by atoms with E-state index in [2.05, 4.69) is 27.0 Å². The van der Waals surface area contributed by atoms with Crippen LogP contribution in [0.3, 0.4) is 0 Å². The first-order valence-corrected chi connectivity index (χ1v) is 9.66. The summed E-state index contributed by atoms with van der Waals surface area (Å²) in [5.74, 6) is 0.769. The molecule has 0 aliphatic carbocycles. The molecule has 0 aliphatic rings. The highest BCUT2D eigenvalue weighted by molar-refractivity contribution is 8.01. The molecule has 0 saturated heterocycles. The molecule has 0 atom stereocenters. The number of hydrogen-bond acceptors (Lipinski definition) is 5. The summed E-state index contributed by atoms with van der Waals surface area (Å²) in [6.07, 6.45) is 1.57. The van der Waals surface area contributed by atoms with Crippen LogP contribution in [0.2, 0.25) is 0 Å². The minimum Gasteiger partial charge on any atom is -0.348 e. The van der Waals surface area contributed by atoms with Crippen LogP contribution in [0.4, 0.5) is 0 Å². The molecule has 0 radical (unpaired) electrons. The zero-order valence-electron chi connectivity index (χ0n) is 13.5. The molecule has 1 amide bonds. The maximum atomic E-state index is 11.9. The fourth-order valence-electron chi connectivity index (χ4n) is 2.16. The predicted octanol–water partition coefficient (Wildman–Crippen LogP) is 4.27. The van der Waals surface area contributed by atoms with Crippen molar-refractivity contribution < 1.29 is 4.79 Å². The van der Waals surface area contributed by atoms with Gasteiger partial charge in [0.2, 0.25) is 5.91 Å². The zero-order chi connectivity index (χ0) is 17.3. The molecule has 0 bridgehead atoms. The first-order chi connectivity index (χ1) is 12.3. The number of aromatic nitrogens is 2. The van der Waals surface area contributed by atoms with Crippen molar-refractivity contribution in [3.63, 3.8) is 0 Å².